The standard InChI is InChI=1S/C23H19F3N6O2/c24-23(25,26)17-5-2-1-4-15(17)21-28-18-13-14(32-8-10-34-11-9-32)12-16(20(18)30-21)22(33)29-19-6-3-7-27-31-19/h1-7,12-13H,8-11H2,(H,28,30)(H,29,31,33). The van der Waals surface area contributed by atoms with Crippen LogP contribution >= 0.6 is 0 Å². The highest BCUT2D eigenvalue weighted by atomic mass is 19.4. The predicted molar refractivity (Wildman–Crippen MR) is 120 cm³/mol. The van der Waals surface area contributed by atoms with Crippen molar-refractivity contribution in [3.05, 3.63) is 65.9 Å². The number of fused-ring (bicyclic) bond motifs is 1. The summed E-state index contributed by atoms with van der Waals surface area (Å²) < 4.78 is 46.2. The van der Waals surface area contributed by atoms with Crippen LogP contribution in [0.5, 0.6) is 0 Å². The number of H-pyrrole nitrogens is 1. The summed E-state index contributed by atoms with van der Waals surface area (Å²) in [7, 11) is 0. The number of alkyl halides is 3. The molecule has 1 saturated heterocycles. The Labute approximate surface area is 191 Å². The van der Waals surface area contributed by atoms with Gasteiger partial charge in [0.1, 0.15) is 11.3 Å². The van der Waals surface area contributed by atoms with E-state index in [2.05, 4.69) is 25.5 Å². The number of amides is 1. The lowest BCUT2D eigenvalue weighted by Gasteiger charge is -2.29. The molecule has 0 aliphatic carbocycles. The molecule has 0 spiro atoms. The van der Waals surface area contributed by atoms with E-state index < -0.39 is 17.6 Å². The number of anilines is 2. The second-order valence-electron chi connectivity index (χ2n) is 7.68. The number of ether oxygens (including phenoxy) is 1. The van der Waals surface area contributed by atoms with Gasteiger partial charge in [-0.05, 0) is 30.3 Å². The number of nitrogens with one attached hydrogen (secondary N) is 2. The SMILES string of the molecule is O=C(Nc1cccnn1)c1cc(N2CCOCC2)cc2[nH]c(-c3ccccc3C(F)(F)F)nc12. The van der Waals surface area contributed by atoms with Gasteiger partial charge >= 0.3 is 6.18 Å². The number of halogens is 3. The van der Waals surface area contributed by atoms with Crippen LogP contribution in [0.25, 0.3) is 22.4 Å². The van der Waals surface area contributed by atoms with Crippen LogP contribution in [-0.2, 0) is 10.9 Å². The number of benzene rings is 2. The summed E-state index contributed by atoms with van der Waals surface area (Å²) in [5.41, 5.74) is 0.731. The van der Waals surface area contributed by atoms with Gasteiger partial charge in [0.25, 0.3) is 5.91 Å². The Hall–Kier alpha value is -3.99. The number of imidazole rings is 1. The van der Waals surface area contributed by atoms with Crippen LogP contribution in [0.3, 0.4) is 0 Å². The summed E-state index contributed by atoms with van der Waals surface area (Å²) in [4.78, 5) is 22.6. The van der Waals surface area contributed by atoms with Crippen molar-refractivity contribution < 1.29 is 22.7 Å². The maximum absolute atomic E-state index is 13.6. The smallest absolute Gasteiger partial charge is 0.378 e. The van der Waals surface area contributed by atoms with E-state index in [9.17, 15) is 18.0 Å². The van der Waals surface area contributed by atoms with E-state index in [1.54, 1.807) is 24.3 Å². The molecule has 2 aromatic heterocycles. The van der Waals surface area contributed by atoms with Gasteiger partial charge in [0, 0.05) is 30.5 Å². The molecule has 174 valence electrons. The number of carbonyl (C=O) groups excluding carboxylic acids is 1. The summed E-state index contributed by atoms with van der Waals surface area (Å²) in [6.45, 7) is 2.31. The molecule has 11 heteroatoms. The van der Waals surface area contributed by atoms with E-state index in [4.69, 9.17) is 4.74 Å². The Bertz CT molecular complexity index is 1330. The second-order valence-corrected chi connectivity index (χ2v) is 7.68. The van der Waals surface area contributed by atoms with E-state index in [0.717, 1.165) is 11.8 Å². The molecule has 0 atom stereocenters. The third-order valence-corrected chi connectivity index (χ3v) is 5.49. The van der Waals surface area contributed by atoms with Gasteiger partial charge in [0.2, 0.25) is 0 Å². The first-order valence-corrected chi connectivity index (χ1v) is 10.5. The zero-order chi connectivity index (χ0) is 23.7. The molecule has 0 unspecified atom stereocenters. The van der Waals surface area contributed by atoms with Crippen molar-refractivity contribution in [2.75, 3.05) is 36.5 Å². The molecule has 5 rings (SSSR count). The molecule has 4 aromatic rings. The Morgan fingerprint density at radius 2 is 1.88 bits per heavy atom. The Kier molecular flexibility index (Phi) is 5.62. The molecule has 8 nitrogen and oxygen atoms in total. The number of hydrogen-bond acceptors (Lipinski definition) is 6. The number of morpholine rings is 1. The van der Waals surface area contributed by atoms with Crippen LogP contribution in [0, 0.1) is 0 Å². The average Bonchev–Trinajstić information content (AvgIpc) is 3.28. The topological polar surface area (TPSA) is 96.0 Å². The number of rotatable bonds is 4. The van der Waals surface area contributed by atoms with Crippen molar-refractivity contribution in [2.45, 2.75) is 6.18 Å². The van der Waals surface area contributed by atoms with Crippen LogP contribution in [0.2, 0.25) is 0 Å². The normalized spacial score (nSPS) is 14.4. The number of aromatic nitrogens is 4. The summed E-state index contributed by atoms with van der Waals surface area (Å²) in [5.74, 6) is -0.228. The molecule has 2 N–H and O–H groups in total. The Balaban J connectivity index is 1.63. The van der Waals surface area contributed by atoms with Crippen LogP contribution in [0.1, 0.15) is 15.9 Å². The minimum atomic E-state index is -4.55. The molecule has 1 fully saturated rings. The number of aromatic amines is 1. The molecule has 34 heavy (non-hydrogen) atoms. The Morgan fingerprint density at radius 3 is 2.62 bits per heavy atom. The summed E-state index contributed by atoms with van der Waals surface area (Å²) >= 11 is 0. The molecule has 0 saturated carbocycles. The lowest BCUT2D eigenvalue weighted by Crippen LogP contribution is -2.36. The van der Waals surface area contributed by atoms with Gasteiger partial charge in [0.15, 0.2) is 5.82 Å². The third kappa shape index (κ3) is 4.29. The molecule has 1 amide bonds. The summed E-state index contributed by atoms with van der Waals surface area (Å²) in [6, 6.07) is 11.9. The first-order valence-electron chi connectivity index (χ1n) is 10.5. The van der Waals surface area contributed by atoms with Gasteiger partial charge < -0.3 is 19.9 Å². The third-order valence-electron chi connectivity index (χ3n) is 5.49. The van der Waals surface area contributed by atoms with Gasteiger partial charge in [-0.25, -0.2) is 4.98 Å². The molecule has 1 aliphatic heterocycles. The van der Waals surface area contributed by atoms with Crippen LogP contribution in [-0.4, -0.2) is 52.4 Å². The first-order chi connectivity index (χ1) is 16.4. The van der Waals surface area contributed by atoms with Gasteiger partial charge in [-0.2, -0.15) is 18.3 Å². The van der Waals surface area contributed by atoms with Crippen molar-refractivity contribution in [1.82, 2.24) is 20.2 Å². The van der Waals surface area contributed by atoms with E-state index >= 15 is 0 Å². The fourth-order valence-corrected chi connectivity index (χ4v) is 3.90. The van der Waals surface area contributed by atoms with E-state index in [1.807, 2.05) is 4.90 Å². The van der Waals surface area contributed by atoms with E-state index in [1.165, 1.54) is 24.4 Å². The second kappa shape index (κ2) is 8.75. The molecule has 3 heterocycles. The molecule has 1 aliphatic rings. The average molecular weight is 468 g/mol. The lowest BCUT2D eigenvalue weighted by molar-refractivity contribution is -0.137. The van der Waals surface area contributed by atoms with Crippen LogP contribution in [0.4, 0.5) is 24.7 Å². The van der Waals surface area contributed by atoms with E-state index in [-0.39, 0.29) is 28.3 Å². The van der Waals surface area contributed by atoms with E-state index in [0.29, 0.717) is 31.8 Å². The lowest BCUT2D eigenvalue weighted by atomic mass is 10.1. The molecular weight excluding hydrogens is 449 g/mol. The molecule has 0 bridgehead atoms. The quantitative estimate of drug-likeness (QED) is 0.468. The highest BCUT2D eigenvalue weighted by Gasteiger charge is 2.34. The number of nitrogens with zero attached hydrogens (tertiary/aromatic N) is 4. The fourth-order valence-electron chi connectivity index (χ4n) is 3.90. The number of hydrogen-bond donors (Lipinski definition) is 2. The minimum Gasteiger partial charge on any atom is -0.378 e. The van der Waals surface area contributed by atoms with Gasteiger partial charge in [0.05, 0.1) is 29.9 Å². The van der Waals surface area contributed by atoms with Crippen LogP contribution < -0.4 is 10.2 Å². The largest absolute Gasteiger partial charge is 0.417 e. The van der Waals surface area contributed by atoms with Crippen molar-refractivity contribution in [2.24, 2.45) is 0 Å². The van der Waals surface area contributed by atoms with Crippen molar-refractivity contribution >= 4 is 28.4 Å². The van der Waals surface area contributed by atoms with Crippen molar-refractivity contribution in [3.63, 3.8) is 0 Å². The monoisotopic (exact) mass is 468 g/mol. The zero-order valence-electron chi connectivity index (χ0n) is 17.8. The highest BCUT2D eigenvalue weighted by molar-refractivity contribution is 6.12. The van der Waals surface area contributed by atoms with Crippen molar-refractivity contribution in [1.29, 1.82) is 0 Å². The molecule has 2 aromatic carbocycles. The van der Waals surface area contributed by atoms with Gasteiger partial charge in [-0.1, -0.05) is 18.2 Å². The summed E-state index contributed by atoms with van der Waals surface area (Å²) in [5, 5.41) is 10.3. The Morgan fingerprint density at radius 1 is 1.09 bits per heavy atom. The zero-order valence-corrected chi connectivity index (χ0v) is 17.8. The highest BCUT2D eigenvalue weighted by Crippen LogP contribution is 2.37. The first kappa shape index (κ1) is 21.8. The number of carbonyl (C=O) groups is 1. The molecular formula is C23H19F3N6O2. The summed E-state index contributed by atoms with van der Waals surface area (Å²) in [6.07, 6.45) is -3.08. The van der Waals surface area contributed by atoms with Crippen molar-refractivity contribution in [3.8, 4) is 11.4 Å². The maximum atomic E-state index is 13.6. The minimum absolute atomic E-state index is 0.0237. The van der Waals surface area contributed by atoms with Crippen LogP contribution in [0.15, 0.2) is 54.7 Å². The maximum Gasteiger partial charge on any atom is 0.417 e. The fraction of sp³-hybridized carbons (Fsp3) is 0.217. The predicted octanol–water partition coefficient (Wildman–Crippen LogP) is 4.13. The molecule has 0 radical (unpaired) electrons. The van der Waals surface area contributed by atoms with Gasteiger partial charge in [-0.15, -0.1) is 5.10 Å². The van der Waals surface area contributed by atoms with Gasteiger partial charge in [-0.3, -0.25) is 4.79 Å².